The summed E-state index contributed by atoms with van der Waals surface area (Å²) in [6, 6.07) is 16.2. The summed E-state index contributed by atoms with van der Waals surface area (Å²) < 4.78 is 28.1. The molecule has 0 aliphatic carbocycles. The van der Waals surface area contributed by atoms with Crippen molar-refractivity contribution in [1.29, 1.82) is 0 Å². The van der Waals surface area contributed by atoms with Gasteiger partial charge >= 0.3 is 16.6 Å². The molecule has 106 valence electrons. The van der Waals surface area contributed by atoms with Crippen LogP contribution in [0.25, 0.3) is 21.5 Å². The maximum Gasteiger partial charge on any atom is 0.342 e. The highest BCUT2D eigenvalue weighted by atomic mass is 32.2. The molecule has 4 nitrogen and oxygen atoms in total. The van der Waals surface area contributed by atoms with Gasteiger partial charge in [0.2, 0.25) is 0 Å². The van der Waals surface area contributed by atoms with Crippen LogP contribution in [0.1, 0.15) is 0 Å². The molecule has 0 amide bonds. The van der Waals surface area contributed by atoms with Gasteiger partial charge in [0.05, 0.1) is 0 Å². The smallest absolute Gasteiger partial charge is 0.342 e. The second-order valence-corrected chi connectivity index (χ2v) is 5.86. The number of carbonyl (C=O) groups excluding carboxylic acids is 1. The Morgan fingerprint density at radius 1 is 0.857 bits per heavy atom. The Hall–Kier alpha value is -1.87. The topological polar surface area (TPSA) is 60.4 Å². The minimum absolute atomic E-state index is 0. The van der Waals surface area contributed by atoms with Gasteiger partial charge in [-0.15, -0.1) is 0 Å². The second kappa shape index (κ2) is 5.86. The van der Waals surface area contributed by atoms with E-state index >= 15 is 0 Å². The lowest BCUT2D eigenvalue weighted by atomic mass is 10.0. The van der Waals surface area contributed by atoms with Gasteiger partial charge in [0.1, 0.15) is 4.90 Å². The molecule has 0 radical (unpaired) electrons. The third-order valence-electron chi connectivity index (χ3n) is 3.14. The summed E-state index contributed by atoms with van der Waals surface area (Å²) in [5.74, 6) is 0. The normalized spacial score (nSPS) is 11.0. The van der Waals surface area contributed by atoms with Crippen LogP contribution < -0.4 is 0 Å². The van der Waals surface area contributed by atoms with E-state index in [1.165, 1.54) is 6.07 Å². The molecule has 21 heavy (non-hydrogen) atoms. The number of hydrogen-bond acceptors (Lipinski definition) is 4. The third-order valence-corrected chi connectivity index (χ3v) is 4.37. The van der Waals surface area contributed by atoms with E-state index in [0.29, 0.717) is 5.39 Å². The van der Waals surface area contributed by atoms with E-state index in [-0.39, 0.29) is 28.7 Å². The van der Waals surface area contributed by atoms with Crippen molar-refractivity contribution in [1.82, 2.24) is 0 Å². The largest absolute Gasteiger partial charge is 0.345 e. The van der Waals surface area contributed by atoms with Crippen LogP contribution in [0.5, 0.6) is 0 Å². The molecule has 3 aromatic rings. The van der Waals surface area contributed by atoms with Gasteiger partial charge in [0.25, 0.3) is 0 Å². The molecule has 0 aliphatic rings. The average Bonchev–Trinajstić information content (AvgIpc) is 2.44. The molecule has 6 heteroatoms. The minimum atomic E-state index is -4.07. The molecule has 0 bridgehead atoms. The predicted octanol–water partition coefficient (Wildman–Crippen LogP) is 1.67. The number of rotatable bonds is 3. The van der Waals surface area contributed by atoms with Crippen LogP contribution in [0.3, 0.4) is 0 Å². The van der Waals surface area contributed by atoms with Gasteiger partial charge in [-0.3, -0.25) is 4.79 Å². The molecule has 0 N–H and O–H groups in total. The van der Waals surface area contributed by atoms with Crippen molar-refractivity contribution in [2.24, 2.45) is 0 Å². The lowest BCUT2D eigenvalue weighted by Gasteiger charge is -2.07. The molecule has 3 rings (SSSR count). The molecule has 0 aromatic heterocycles. The molecule has 0 unspecified atom stereocenters. The second-order valence-electron chi connectivity index (χ2n) is 4.32. The van der Waals surface area contributed by atoms with Crippen molar-refractivity contribution >= 4 is 55.5 Å². The van der Waals surface area contributed by atoms with Crippen LogP contribution in [0.15, 0.2) is 59.5 Å². The van der Waals surface area contributed by atoms with Gasteiger partial charge in [-0.2, -0.15) is 8.42 Å². The van der Waals surface area contributed by atoms with Gasteiger partial charge < -0.3 is 4.18 Å². The molecule has 0 heterocycles. The molecule has 3 aromatic carbocycles. The van der Waals surface area contributed by atoms with E-state index in [9.17, 15) is 13.2 Å². The lowest BCUT2D eigenvalue weighted by Crippen LogP contribution is -2.05. The van der Waals surface area contributed by atoms with Gasteiger partial charge in [0.15, 0.2) is 17.4 Å². The van der Waals surface area contributed by atoms with Crippen molar-refractivity contribution in [3.05, 3.63) is 54.6 Å². The van der Waals surface area contributed by atoms with E-state index in [1.807, 2.05) is 36.4 Å². The summed E-state index contributed by atoms with van der Waals surface area (Å²) in [4.78, 5) is 10.3. The van der Waals surface area contributed by atoms with E-state index in [1.54, 1.807) is 12.1 Å². The Kier molecular flexibility index (Phi) is 4.33. The monoisotopic (exact) mass is 316 g/mol. The van der Waals surface area contributed by atoms with Crippen LogP contribution in [0.2, 0.25) is 0 Å². The fourth-order valence-corrected chi connectivity index (χ4v) is 3.16. The van der Waals surface area contributed by atoms with Crippen LogP contribution >= 0.6 is 0 Å². The standard InChI is InChI=1S/C15H10O4S.Al.3H/c16-10-19-20(17,18)15-7-3-6-13-8-11-4-1-2-5-12(11)9-14(13)15;;;;/h1-10H;;;;. The third kappa shape index (κ3) is 2.79. The highest BCUT2D eigenvalue weighted by Crippen LogP contribution is 2.28. The summed E-state index contributed by atoms with van der Waals surface area (Å²) in [7, 11) is -4.07. The quantitative estimate of drug-likeness (QED) is 0.319. The Morgan fingerprint density at radius 2 is 1.48 bits per heavy atom. The Balaban J connectivity index is 0.00000161. The summed E-state index contributed by atoms with van der Waals surface area (Å²) in [5.41, 5.74) is 0. The first kappa shape index (κ1) is 15.5. The van der Waals surface area contributed by atoms with Gasteiger partial charge in [-0.25, -0.2) is 0 Å². The van der Waals surface area contributed by atoms with Gasteiger partial charge in [0, 0.05) is 5.39 Å². The van der Waals surface area contributed by atoms with E-state index in [4.69, 9.17) is 0 Å². The minimum Gasteiger partial charge on any atom is -0.345 e. The number of hydrogen-bond donors (Lipinski definition) is 0. The van der Waals surface area contributed by atoms with Crippen LogP contribution in [0, 0.1) is 0 Å². The number of carbonyl (C=O) groups is 1. The highest BCUT2D eigenvalue weighted by molar-refractivity contribution is 7.87. The fourth-order valence-electron chi connectivity index (χ4n) is 2.26. The molecule has 0 atom stereocenters. The Bertz CT molecular complexity index is 919. The predicted molar refractivity (Wildman–Crippen MR) is 85.7 cm³/mol. The Morgan fingerprint density at radius 3 is 2.14 bits per heavy atom. The molecular formula is C15H13AlO4S. The zero-order valence-corrected chi connectivity index (χ0v) is 11.1. The van der Waals surface area contributed by atoms with E-state index < -0.39 is 10.1 Å². The first-order chi connectivity index (χ1) is 9.62. The maximum atomic E-state index is 11.9. The summed E-state index contributed by atoms with van der Waals surface area (Å²) in [6.07, 6.45) is 0. The average molecular weight is 316 g/mol. The first-order valence-corrected chi connectivity index (χ1v) is 7.31. The zero-order chi connectivity index (χ0) is 14.2. The van der Waals surface area contributed by atoms with Crippen molar-refractivity contribution in [3.8, 4) is 0 Å². The van der Waals surface area contributed by atoms with Crippen LogP contribution in [-0.2, 0) is 19.1 Å². The van der Waals surface area contributed by atoms with E-state index in [2.05, 4.69) is 4.18 Å². The molecule has 0 spiro atoms. The van der Waals surface area contributed by atoms with Crippen molar-refractivity contribution in [2.75, 3.05) is 0 Å². The molecule has 0 aliphatic heterocycles. The first-order valence-electron chi connectivity index (χ1n) is 5.90. The lowest BCUT2D eigenvalue weighted by molar-refractivity contribution is -0.120. The number of benzene rings is 3. The summed E-state index contributed by atoms with van der Waals surface area (Å²) >= 11 is 0. The highest BCUT2D eigenvalue weighted by Gasteiger charge is 2.18. The SMILES string of the molecule is O=COS(=O)(=O)c1cccc2cc3ccccc3cc12.[AlH3]. The maximum absolute atomic E-state index is 11.9. The van der Waals surface area contributed by atoms with Crippen LogP contribution in [0.4, 0.5) is 0 Å². The molecule has 0 saturated heterocycles. The van der Waals surface area contributed by atoms with Crippen molar-refractivity contribution in [3.63, 3.8) is 0 Å². The molecule has 0 fully saturated rings. The van der Waals surface area contributed by atoms with Crippen molar-refractivity contribution in [2.45, 2.75) is 4.90 Å². The Labute approximate surface area is 132 Å². The van der Waals surface area contributed by atoms with Crippen molar-refractivity contribution < 1.29 is 17.4 Å². The fraction of sp³-hybridized carbons (Fsp3) is 0. The van der Waals surface area contributed by atoms with Gasteiger partial charge in [-0.1, -0.05) is 36.4 Å². The molecular weight excluding hydrogens is 303 g/mol. The summed E-state index contributed by atoms with van der Waals surface area (Å²) in [5, 5.41) is 3.26. The zero-order valence-electron chi connectivity index (χ0n) is 10.3. The van der Waals surface area contributed by atoms with Crippen LogP contribution in [-0.4, -0.2) is 32.3 Å². The molecule has 0 saturated carbocycles. The van der Waals surface area contributed by atoms with Gasteiger partial charge in [-0.05, 0) is 34.4 Å². The van der Waals surface area contributed by atoms with E-state index in [0.717, 1.165) is 16.2 Å². The summed E-state index contributed by atoms with van der Waals surface area (Å²) in [6.45, 7) is -0.0742. The number of fused-ring (bicyclic) bond motifs is 2.